The number of aromatic nitrogens is 1. The Kier molecular flexibility index (Phi) is 1.98. The highest BCUT2D eigenvalue weighted by molar-refractivity contribution is 7.80. The van der Waals surface area contributed by atoms with Crippen LogP contribution in [0.25, 0.3) is 5.70 Å². The molecule has 2 heterocycles. The normalized spacial score (nSPS) is 14.8. The van der Waals surface area contributed by atoms with Gasteiger partial charge in [-0.05, 0) is 31.3 Å². The van der Waals surface area contributed by atoms with Gasteiger partial charge in [0.15, 0.2) is 5.11 Å². The standard InChI is InChI=1S/C9H8N3S/c1-6-4-7(2-3-10-6)8-5-11-9(13)12-8/h2-5H,1H3,(H,11,13). The molecule has 0 aliphatic carbocycles. The van der Waals surface area contributed by atoms with E-state index in [9.17, 15) is 0 Å². The van der Waals surface area contributed by atoms with Gasteiger partial charge in [0, 0.05) is 23.7 Å². The first kappa shape index (κ1) is 8.19. The first-order valence-corrected chi connectivity index (χ1v) is 4.32. The fourth-order valence-corrected chi connectivity index (χ4v) is 1.31. The Hall–Kier alpha value is -1.42. The summed E-state index contributed by atoms with van der Waals surface area (Å²) in [5.41, 5.74) is 2.89. The van der Waals surface area contributed by atoms with E-state index in [1.165, 1.54) is 0 Å². The third-order valence-electron chi connectivity index (χ3n) is 1.75. The molecule has 0 saturated carbocycles. The Bertz CT molecular complexity index is 384. The summed E-state index contributed by atoms with van der Waals surface area (Å²) in [6, 6.07) is 3.89. The predicted octanol–water partition coefficient (Wildman–Crippen LogP) is 1.18. The van der Waals surface area contributed by atoms with E-state index < -0.39 is 0 Å². The second kappa shape index (κ2) is 3.14. The number of rotatable bonds is 1. The molecule has 3 nitrogen and oxygen atoms in total. The number of nitrogens with zero attached hydrogens (tertiary/aromatic N) is 2. The molecular weight excluding hydrogens is 182 g/mol. The highest BCUT2D eigenvalue weighted by atomic mass is 32.1. The molecule has 1 N–H and O–H groups in total. The van der Waals surface area contributed by atoms with Gasteiger partial charge >= 0.3 is 0 Å². The second-order valence-electron chi connectivity index (χ2n) is 2.78. The van der Waals surface area contributed by atoms with Crippen LogP contribution < -0.4 is 10.6 Å². The van der Waals surface area contributed by atoms with Crippen molar-refractivity contribution in [1.82, 2.24) is 15.6 Å². The van der Waals surface area contributed by atoms with Crippen LogP contribution in [0, 0.1) is 6.92 Å². The molecule has 65 valence electrons. The van der Waals surface area contributed by atoms with Crippen LogP contribution in [0.2, 0.25) is 0 Å². The maximum Gasteiger partial charge on any atom is 0.197 e. The summed E-state index contributed by atoms with van der Waals surface area (Å²) in [4.78, 5) is 4.11. The summed E-state index contributed by atoms with van der Waals surface area (Å²) < 4.78 is 0. The lowest BCUT2D eigenvalue weighted by Gasteiger charge is -2.00. The van der Waals surface area contributed by atoms with Gasteiger partial charge in [0.25, 0.3) is 0 Å². The van der Waals surface area contributed by atoms with Gasteiger partial charge < -0.3 is 5.32 Å². The topological polar surface area (TPSA) is 39.0 Å². The molecule has 0 atom stereocenters. The lowest BCUT2D eigenvalue weighted by molar-refractivity contribution is 1.18. The number of hydrogen-bond acceptors (Lipinski definition) is 2. The van der Waals surface area contributed by atoms with E-state index in [2.05, 4.69) is 15.6 Å². The first-order valence-electron chi connectivity index (χ1n) is 3.91. The van der Waals surface area contributed by atoms with Gasteiger partial charge in [-0.1, -0.05) is 0 Å². The Morgan fingerprint density at radius 3 is 2.92 bits per heavy atom. The molecule has 0 saturated heterocycles. The Labute approximate surface area is 81.9 Å². The zero-order valence-electron chi connectivity index (χ0n) is 7.11. The van der Waals surface area contributed by atoms with Crippen LogP contribution in [0.15, 0.2) is 24.5 Å². The van der Waals surface area contributed by atoms with Crippen molar-refractivity contribution in [3.05, 3.63) is 35.8 Å². The van der Waals surface area contributed by atoms with Gasteiger partial charge in [-0.2, -0.15) is 0 Å². The summed E-state index contributed by atoms with van der Waals surface area (Å²) in [6.45, 7) is 1.95. The smallest absolute Gasteiger partial charge is 0.197 e. The van der Waals surface area contributed by atoms with Crippen molar-refractivity contribution in [1.29, 1.82) is 0 Å². The lowest BCUT2D eigenvalue weighted by atomic mass is 10.2. The van der Waals surface area contributed by atoms with Gasteiger partial charge in [0.05, 0.1) is 5.70 Å². The minimum atomic E-state index is 0.518. The molecular formula is C9H8N3S. The molecule has 0 fully saturated rings. The zero-order valence-corrected chi connectivity index (χ0v) is 7.93. The van der Waals surface area contributed by atoms with Crippen LogP contribution in [0.1, 0.15) is 11.3 Å². The molecule has 0 aromatic carbocycles. The van der Waals surface area contributed by atoms with Crippen molar-refractivity contribution in [2.24, 2.45) is 0 Å². The Morgan fingerprint density at radius 1 is 1.46 bits per heavy atom. The van der Waals surface area contributed by atoms with Gasteiger partial charge in [0.1, 0.15) is 0 Å². The largest absolute Gasteiger partial charge is 0.335 e. The van der Waals surface area contributed by atoms with E-state index in [-0.39, 0.29) is 0 Å². The molecule has 1 aromatic rings. The van der Waals surface area contributed by atoms with Crippen molar-refractivity contribution in [3.63, 3.8) is 0 Å². The average molecular weight is 190 g/mol. The van der Waals surface area contributed by atoms with Gasteiger partial charge in [-0.25, -0.2) is 5.32 Å². The van der Waals surface area contributed by atoms with Crippen molar-refractivity contribution in [2.45, 2.75) is 6.92 Å². The molecule has 1 aliphatic heterocycles. The fourth-order valence-electron chi connectivity index (χ4n) is 1.16. The molecule has 13 heavy (non-hydrogen) atoms. The average Bonchev–Trinajstić information content (AvgIpc) is 2.52. The minimum Gasteiger partial charge on any atom is -0.335 e. The van der Waals surface area contributed by atoms with E-state index in [0.717, 1.165) is 17.0 Å². The Morgan fingerprint density at radius 2 is 2.31 bits per heavy atom. The van der Waals surface area contributed by atoms with Crippen LogP contribution in [0.5, 0.6) is 0 Å². The highest BCUT2D eigenvalue weighted by Gasteiger charge is 2.11. The quantitative estimate of drug-likeness (QED) is 0.676. The third-order valence-corrected chi connectivity index (χ3v) is 1.96. The van der Waals surface area contributed by atoms with E-state index in [0.29, 0.717) is 5.11 Å². The maximum absolute atomic E-state index is 4.88. The molecule has 1 radical (unpaired) electrons. The number of hydrogen-bond donors (Lipinski definition) is 1. The van der Waals surface area contributed by atoms with Crippen LogP contribution in [0.3, 0.4) is 0 Å². The van der Waals surface area contributed by atoms with E-state index in [1.54, 1.807) is 12.4 Å². The molecule has 0 bridgehead atoms. The SMILES string of the molecule is Cc1cc(C2=CNC(=S)[N]2)ccn1. The first-order chi connectivity index (χ1) is 6.25. The van der Waals surface area contributed by atoms with Crippen molar-refractivity contribution in [3.8, 4) is 0 Å². The highest BCUT2D eigenvalue weighted by Crippen LogP contribution is 2.14. The zero-order chi connectivity index (χ0) is 9.26. The number of nitrogens with one attached hydrogen (secondary N) is 1. The lowest BCUT2D eigenvalue weighted by Crippen LogP contribution is -2.15. The van der Waals surface area contributed by atoms with Gasteiger partial charge in [0.2, 0.25) is 0 Å². The Balaban J connectivity index is 2.31. The van der Waals surface area contributed by atoms with Crippen molar-refractivity contribution in [2.75, 3.05) is 0 Å². The number of aryl methyl sites for hydroxylation is 1. The van der Waals surface area contributed by atoms with Gasteiger partial charge in [-0.15, -0.1) is 0 Å². The summed E-state index contributed by atoms with van der Waals surface area (Å²) in [6.07, 6.45) is 3.57. The molecule has 0 spiro atoms. The molecule has 4 heteroatoms. The summed E-state index contributed by atoms with van der Waals surface area (Å²) >= 11 is 4.88. The van der Waals surface area contributed by atoms with Crippen molar-refractivity contribution >= 4 is 23.0 Å². The molecule has 0 amide bonds. The molecule has 1 aliphatic rings. The van der Waals surface area contributed by atoms with Gasteiger partial charge in [-0.3, -0.25) is 4.98 Å². The van der Waals surface area contributed by atoms with Crippen LogP contribution >= 0.6 is 12.2 Å². The van der Waals surface area contributed by atoms with E-state index in [1.807, 2.05) is 19.1 Å². The molecule has 2 rings (SSSR count). The minimum absolute atomic E-state index is 0.518. The number of thiocarbonyl (C=S) groups is 1. The van der Waals surface area contributed by atoms with Crippen LogP contribution in [-0.2, 0) is 0 Å². The summed E-state index contributed by atoms with van der Waals surface area (Å²) in [7, 11) is 0. The molecule has 1 aromatic heterocycles. The van der Waals surface area contributed by atoms with E-state index in [4.69, 9.17) is 12.2 Å². The van der Waals surface area contributed by atoms with Crippen LogP contribution in [0.4, 0.5) is 0 Å². The van der Waals surface area contributed by atoms with E-state index >= 15 is 0 Å². The molecule has 0 unspecified atom stereocenters. The monoisotopic (exact) mass is 190 g/mol. The second-order valence-corrected chi connectivity index (χ2v) is 3.16. The van der Waals surface area contributed by atoms with Crippen molar-refractivity contribution < 1.29 is 0 Å². The predicted molar refractivity (Wildman–Crippen MR) is 54.8 cm³/mol. The van der Waals surface area contributed by atoms with Crippen LogP contribution in [-0.4, -0.2) is 10.1 Å². The maximum atomic E-state index is 4.88. The third kappa shape index (κ3) is 1.67. The fraction of sp³-hybridized carbons (Fsp3) is 0.111. The number of pyridine rings is 1. The summed E-state index contributed by atoms with van der Waals surface area (Å²) in [5.74, 6) is 0. The summed E-state index contributed by atoms with van der Waals surface area (Å²) in [5, 5.41) is 7.54.